The Kier molecular flexibility index (Phi) is 10.1. The van der Waals surface area contributed by atoms with Crippen molar-refractivity contribution >= 4 is 36.3 Å². The number of hydrogen-bond acceptors (Lipinski definition) is 6. The van der Waals surface area contributed by atoms with Crippen LogP contribution in [0.3, 0.4) is 0 Å². The van der Waals surface area contributed by atoms with Crippen molar-refractivity contribution in [2.75, 3.05) is 0 Å². The van der Waals surface area contributed by atoms with Crippen molar-refractivity contribution in [1.29, 1.82) is 0 Å². The van der Waals surface area contributed by atoms with Gasteiger partial charge in [-0.2, -0.15) is 0 Å². The van der Waals surface area contributed by atoms with Gasteiger partial charge < -0.3 is 19.6 Å². The molecule has 0 radical (unpaired) electrons. The summed E-state index contributed by atoms with van der Waals surface area (Å²) < 4.78 is 0. The van der Waals surface area contributed by atoms with Gasteiger partial charge in [-0.15, -0.1) is 0 Å². The van der Waals surface area contributed by atoms with Gasteiger partial charge in [-0.05, 0) is 135 Å². The maximum atomic E-state index is 6.12. The molecule has 8 aliphatic carbocycles. The fourth-order valence-corrected chi connectivity index (χ4v) is 23.2. The first-order valence-electron chi connectivity index (χ1n) is 30.8. The monoisotopic (exact) mass is 937 g/mol. The van der Waals surface area contributed by atoms with E-state index >= 15 is 0 Å². The molecule has 0 spiro atoms. The van der Waals surface area contributed by atoms with Gasteiger partial charge in [0, 0.05) is 48.1 Å². The molecule has 6 heterocycles. The third kappa shape index (κ3) is 5.89. The zero-order valence-electron chi connectivity index (χ0n) is 43.6. The van der Waals surface area contributed by atoms with Gasteiger partial charge in [0.2, 0.25) is 0 Å². The van der Waals surface area contributed by atoms with Gasteiger partial charge in [-0.1, -0.05) is 163 Å². The molecule has 6 aliphatic heterocycles. The van der Waals surface area contributed by atoms with Gasteiger partial charge in [0.25, 0.3) is 0 Å². The van der Waals surface area contributed by atoms with Crippen LogP contribution in [0, 0.1) is 59.2 Å². The first kappa shape index (κ1) is 43.5. The van der Waals surface area contributed by atoms with Crippen LogP contribution in [0.4, 0.5) is 0 Å². The van der Waals surface area contributed by atoms with Crippen LogP contribution in [-0.4, -0.2) is 105 Å². The van der Waals surface area contributed by atoms with Gasteiger partial charge in [0.15, 0.2) is 25.3 Å². The average Bonchev–Trinajstić information content (AvgIpc) is 4.01. The van der Waals surface area contributed by atoms with E-state index in [4.69, 9.17) is 9.98 Å². The quantitative estimate of drug-likeness (QED) is 0.288. The van der Waals surface area contributed by atoms with Crippen LogP contribution in [0.2, 0.25) is 23.3 Å². The summed E-state index contributed by atoms with van der Waals surface area (Å²) >= 11 is 0. The highest BCUT2D eigenvalue weighted by Gasteiger charge is 2.71. The largest absolute Gasteiger partial charge is 0.337 e. The fourth-order valence-electron chi connectivity index (χ4n) is 23.2. The van der Waals surface area contributed by atoms with E-state index in [1.54, 1.807) is 10.9 Å². The molecule has 0 N–H and O–H groups in total. The van der Waals surface area contributed by atoms with Crippen molar-refractivity contribution in [1.82, 2.24) is 19.6 Å². The molecule has 12 fully saturated rings. The van der Waals surface area contributed by atoms with Crippen LogP contribution in [0.1, 0.15) is 156 Å². The summed E-state index contributed by atoms with van der Waals surface area (Å²) in [5.41, 5.74) is 3.41. The lowest BCUT2D eigenvalue weighted by Gasteiger charge is -2.72. The van der Waals surface area contributed by atoms with E-state index in [1.165, 1.54) is 140 Å². The smallest absolute Gasteiger partial charge is 0.198 e. The highest BCUT2D eigenvalue weighted by Crippen LogP contribution is 2.68. The molecule has 4 saturated heterocycles. The minimum Gasteiger partial charge on any atom is -0.337 e. The number of aliphatic imine (C=N–C) groups is 2. The predicted octanol–water partition coefficient (Wildman–Crippen LogP) is 11.1. The van der Waals surface area contributed by atoms with Gasteiger partial charge >= 0.3 is 0 Å². The standard InChI is InChI=1S/C62H86B2N6/c1-35-29-31-53-57(37(35)3)65-61-67(53)51-27-15-21-41-43(33-47-59(55(41)51)69(61)49-25-13-11-23-45(49)63(47)39-17-7-5-8-18-39)44-34-48-60-56-42(44)22-16-28-52(56)68-54-32-30-36(2)38(4)58(54)66-62(68)70(60)50-26-14-12-24-46(50)64(48)40-19-9-6-10-20-40/h5-10,17-20,35-38,41-60H,11-16,21-34H2,1-4H3. The molecule has 2 aromatic carbocycles. The van der Waals surface area contributed by atoms with Gasteiger partial charge in [0.1, 0.15) is 0 Å². The van der Waals surface area contributed by atoms with Gasteiger partial charge in [0.05, 0.1) is 24.2 Å². The molecule has 0 aromatic heterocycles. The number of guanidine groups is 2. The molecule has 24 atom stereocenters. The average molecular weight is 937 g/mol. The SMILES string of the molecule is CC1CCC2C(N=C3N2C2CCCC4C(C5CC6B(c7ccccc7)C7CCCCC7N7C8=NC9C(C)C(C)CCC9N8C8CCCC5C8C67)CC5B(c6ccccc6)C6CCCCC6N3C5C42)C1C. The number of hydrogen-bond donors (Lipinski definition) is 0. The fraction of sp³-hybridized carbons (Fsp3) is 0.774. The molecular formula is C62H86B2N6. The van der Waals surface area contributed by atoms with E-state index in [0.29, 0.717) is 85.7 Å². The molecule has 0 bridgehead atoms. The first-order chi connectivity index (χ1) is 34.4. The Morgan fingerprint density at radius 3 is 1.24 bits per heavy atom. The predicted molar refractivity (Wildman–Crippen MR) is 289 cm³/mol. The number of fused-ring (bicyclic) bond motifs is 14. The van der Waals surface area contributed by atoms with Crippen molar-refractivity contribution in [2.24, 2.45) is 69.2 Å². The van der Waals surface area contributed by atoms with E-state index in [1.807, 2.05) is 0 Å². The number of rotatable bonds is 3. The molecule has 2 aromatic rings. The molecular weight excluding hydrogens is 850 g/mol. The van der Waals surface area contributed by atoms with Crippen LogP contribution < -0.4 is 10.9 Å². The van der Waals surface area contributed by atoms with Crippen LogP contribution in [0.5, 0.6) is 0 Å². The lowest BCUT2D eigenvalue weighted by Crippen LogP contribution is -2.78. The lowest BCUT2D eigenvalue weighted by atomic mass is 9.21. The Morgan fingerprint density at radius 2 is 0.800 bits per heavy atom. The maximum absolute atomic E-state index is 6.12. The molecule has 70 heavy (non-hydrogen) atoms. The summed E-state index contributed by atoms with van der Waals surface area (Å²) in [6.45, 7) is 11.7. The summed E-state index contributed by atoms with van der Waals surface area (Å²) in [5, 5.41) is 0. The molecule has 14 aliphatic rings. The number of nitrogens with zero attached hydrogens (tertiary/aromatic N) is 6. The lowest BCUT2D eigenvalue weighted by molar-refractivity contribution is -0.125. The van der Waals surface area contributed by atoms with Crippen LogP contribution in [-0.2, 0) is 0 Å². The second kappa shape index (κ2) is 16.3. The number of benzene rings is 2. The van der Waals surface area contributed by atoms with Crippen molar-refractivity contribution in [2.45, 2.75) is 240 Å². The van der Waals surface area contributed by atoms with E-state index in [9.17, 15) is 0 Å². The van der Waals surface area contributed by atoms with E-state index in [0.717, 1.165) is 70.6 Å². The molecule has 8 heteroatoms. The Bertz CT molecular complexity index is 2210. The van der Waals surface area contributed by atoms with Crippen molar-refractivity contribution in [3.63, 3.8) is 0 Å². The van der Waals surface area contributed by atoms with E-state index < -0.39 is 0 Å². The molecule has 16 rings (SSSR count). The van der Waals surface area contributed by atoms with Crippen molar-refractivity contribution in [3.05, 3.63) is 60.7 Å². The maximum Gasteiger partial charge on any atom is 0.198 e. The third-order valence-electron chi connectivity index (χ3n) is 25.9. The normalized spacial score (nSPS) is 50.3. The second-order valence-electron chi connectivity index (χ2n) is 27.9. The van der Waals surface area contributed by atoms with Crippen molar-refractivity contribution < 1.29 is 0 Å². The Morgan fingerprint density at radius 1 is 0.386 bits per heavy atom. The second-order valence-corrected chi connectivity index (χ2v) is 27.9. The summed E-state index contributed by atoms with van der Waals surface area (Å²) in [5.74, 6) is 13.8. The summed E-state index contributed by atoms with van der Waals surface area (Å²) in [4.78, 5) is 25.1. The van der Waals surface area contributed by atoms with E-state index in [2.05, 4.69) is 108 Å². The molecule has 6 nitrogen and oxygen atoms in total. The molecule has 8 saturated carbocycles. The Labute approximate surface area is 423 Å². The molecule has 24 unspecified atom stereocenters. The van der Waals surface area contributed by atoms with Crippen molar-refractivity contribution in [3.8, 4) is 0 Å². The van der Waals surface area contributed by atoms with Crippen LogP contribution in [0.15, 0.2) is 70.6 Å². The van der Waals surface area contributed by atoms with Gasteiger partial charge in [-0.25, -0.2) is 9.98 Å². The van der Waals surface area contributed by atoms with Crippen LogP contribution >= 0.6 is 0 Å². The zero-order valence-corrected chi connectivity index (χ0v) is 43.6. The minimum absolute atomic E-state index is 0.491. The summed E-state index contributed by atoms with van der Waals surface area (Å²) in [7, 11) is 0. The Balaban J connectivity index is 0.863. The Hall–Kier alpha value is -2.89. The van der Waals surface area contributed by atoms with Crippen LogP contribution in [0.25, 0.3) is 0 Å². The highest BCUT2D eigenvalue weighted by atomic mass is 15.5. The zero-order chi connectivity index (χ0) is 46.3. The first-order valence-corrected chi connectivity index (χ1v) is 30.8. The highest BCUT2D eigenvalue weighted by molar-refractivity contribution is 6.77. The third-order valence-corrected chi connectivity index (χ3v) is 25.9. The molecule has 370 valence electrons. The summed E-state index contributed by atoms with van der Waals surface area (Å²) in [6.07, 6.45) is 28.4. The van der Waals surface area contributed by atoms with E-state index in [-0.39, 0.29) is 0 Å². The van der Waals surface area contributed by atoms with Gasteiger partial charge in [-0.3, -0.25) is 0 Å². The topological polar surface area (TPSA) is 37.7 Å². The minimum atomic E-state index is 0.491. The molecule has 0 amide bonds. The summed E-state index contributed by atoms with van der Waals surface area (Å²) in [6, 6.07) is 31.0.